The molecular formula is C14H25BrO. The fourth-order valence-corrected chi connectivity index (χ4v) is 4.05. The van der Waals surface area contributed by atoms with Crippen molar-refractivity contribution in [1.29, 1.82) is 0 Å². The summed E-state index contributed by atoms with van der Waals surface area (Å²) >= 11 is 3.68. The molecule has 0 amide bonds. The Morgan fingerprint density at radius 2 is 1.94 bits per heavy atom. The number of hydrogen-bond donors (Lipinski definition) is 0. The summed E-state index contributed by atoms with van der Waals surface area (Å²) in [5, 5.41) is 1.02. The number of alkyl halides is 1. The molecule has 2 aliphatic carbocycles. The number of rotatable bonds is 4. The topological polar surface area (TPSA) is 9.23 Å². The predicted octanol–water partition coefficient (Wildman–Crippen LogP) is 4.54. The maximum Gasteiger partial charge on any atom is 0.0781 e. The summed E-state index contributed by atoms with van der Waals surface area (Å²) in [6.45, 7) is 3.38. The van der Waals surface area contributed by atoms with Crippen molar-refractivity contribution < 1.29 is 4.74 Å². The van der Waals surface area contributed by atoms with E-state index >= 15 is 0 Å². The van der Waals surface area contributed by atoms with Gasteiger partial charge in [0.1, 0.15) is 0 Å². The molecule has 0 aromatic heterocycles. The summed E-state index contributed by atoms with van der Waals surface area (Å²) in [6.07, 6.45) is 10.9. The molecule has 2 atom stereocenters. The van der Waals surface area contributed by atoms with Gasteiger partial charge in [0.15, 0.2) is 0 Å². The Labute approximate surface area is 108 Å². The molecule has 0 aliphatic heterocycles. The zero-order chi connectivity index (χ0) is 11.4. The van der Waals surface area contributed by atoms with Gasteiger partial charge in [-0.05, 0) is 37.5 Å². The highest BCUT2D eigenvalue weighted by Gasteiger charge is 2.35. The first-order valence-electron chi connectivity index (χ1n) is 6.94. The molecule has 0 saturated heterocycles. The molecule has 0 heterocycles. The van der Waals surface area contributed by atoms with Gasteiger partial charge >= 0.3 is 0 Å². The zero-order valence-corrected chi connectivity index (χ0v) is 12.1. The van der Waals surface area contributed by atoms with Crippen LogP contribution in [0.4, 0.5) is 0 Å². The van der Waals surface area contributed by atoms with Crippen LogP contribution in [0.3, 0.4) is 0 Å². The normalized spacial score (nSPS) is 36.8. The van der Waals surface area contributed by atoms with E-state index < -0.39 is 0 Å². The lowest BCUT2D eigenvalue weighted by Gasteiger charge is -2.39. The van der Waals surface area contributed by atoms with E-state index in [9.17, 15) is 0 Å². The van der Waals surface area contributed by atoms with E-state index in [0.29, 0.717) is 0 Å². The van der Waals surface area contributed by atoms with Crippen LogP contribution in [0.5, 0.6) is 0 Å². The molecule has 0 bridgehead atoms. The minimum absolute atomic E-state index is 0.167. The summed E-state index contributed by atoms with van der Waals surface area (Å²) in [5.74, 6) is 1.70. The molecule has 2 unspecified atom stereocenters. The van der Waals surface area contributed by atoms with Crippen molar-refractivity contribution in [2.24, 2.45) is 11.8 Å². The van der Waals surface area contributed by atoms with Crippen LogP contribution < -0.4 is 0 Å². The highest BCUT2D eigenvalue weighted by Crippen LogP contribution is 2.37. The Hall–Kier alpha value is 0.440. The molecule has 2 heteroatoms. The van der Waals surface area contributed by atoms with Gasteiger partial charge in [0.25, 0.3) is 0 Å². The van der Waals surface area contributed by atoms with E-state index in [0.717, 1.165) is 23.8 Å². The maximum atomic E-state index is 6.33. The highest BCUT2D eigenvalue weighted by molar-refractivity contribution is 9.09. The smallest absolute Gasteiger partial charge is 0.0781 e. The molecule has 0 aromatic rings. The molecule has 2 fully saturated rings. The Morgan fingerprint density at radius 3 is 2.56 bits per heavy atom. The minimum Gasteiger partial charge on any atom is -0.374 e. The maximum absolute atomic E-state index is 6.33. The summed E-state index contributed by atoms with van der Waals surface area (Å²) in [4.78, 5) is 0. The van der Waals surface area contributed by atoms with Gasteiger partial charge in [0.05, 0.1) is 12.2 Å². The standard InChI is InChI=1S/C14H25BrO/c1-12-5-4-8-14(9-12,11-15)16-10-13-6-2-3-7-13/h12-13H,2-11H2,1H3. The fraction of sp³-hybridized carbons (Fsp3) is 1.00. The van der Waals surface area contributed by atoms with Gasteiger partial charge in [-0.3, -0.25) is 0 Å². The third-order valence-electron chi connectivity index (χ3n) is 4.39. The van der Waals surface area contributed by atoms with E-state index in [-0.39, 0.29) is 5.60 Å². The second-order valence-electron chi connectivity index (χ2n) is 5.98. The summed E-state index contributed by atoms with van der Waals surface area (Å²) < 4.78 is 6.33. The molecule has 2 aliphatic rings. The summed E-state index contributed by atoms with van der Waals surface area (Å²) in [6, 6.07) is 0. The molecule has 0 aromatic carbocycles. The van der Waals surface area contributed by atoms with Crippen molar-refractivity contribution in [3.8, 4) is 0 Å². The van der Waals surface area contributed by atoms with Gasteiger partial charge in [0.2, 0.25) is 0 Å². The Bertz CT molecular complexity index is 213. The van der Waals surface area contributed by atoms with Crippen LogP contribution in [0.15, 0.2) is 0 Å². The molecular weight excluding hydrogens is 264 g/mol. The van der Waals surface area contributed by atoms with Crippen LogP contribution in [0, 0.1) is 11.8 Å². The van der Waals surface area contributed by atoms with E-state index in [1.165, 1.54) is 51.4 Å². The highest BCUT2D eigenvalue weighted by atomic mass is 79.9. The second-order valence-corrected chi connectivity index (χ2v) is 6.54. The zero-order valence-electron chi connectivity index (χ0n) is 10.5. The predicted molar refractivity (Wildman–Crippen MR) is 72.1 cm³/mol. The van der Waals surface area contributed by atoms with Crippen LogP contribution in [-0.2, 0) is 4.74 Å². The average Bonchev–Trinajstić information content (AvgIpc) is 2.79. The monoisotopic (exact) mass is 288 g/mol. The number of hydrogen-bond acceptors (Lipinski definition) is 1. The van der Waals surface area contributed by atoms with E-state index in [4.69, 9.17) is 4.74 Å². The van der Waals surface area contributed by atoms with E-state index in [1.807, 2.05) is 0 Å². The quantitative estimate of drug-likeness (QED) is 0.690. The minimum atomic E-state index is 0.167. The molecule has 94 valence electrons. The fourth-order valence-electron chi connectivity index (χ4n) is 3.37. The van der Waals surface area contributed by atoms with Crippen molar-refractivity contribution in [3.05, 3.63) is 0 Å². The van der Waals surface area contributed by atoms with Gasteiger partial charge in [-0.1, -0.05) is 48.5 Å². The van der Waals surface area contributed by atoms with Crippen LogP contribution in [0.2, 0.25) is 0 Å². The van der Waals surface area contributed by atoms with Gasteiger partial charge in [-0.15, -0.1) is 0 Å². The summed E-state index contributed by atoms with van der Waals surface area (Å²) in [5.41, 5.74) is 0.167. The van der Waals surface area contributed by atoms with Crippen molar-refractivity contribution in [2.75, 3.05) is 11.9 Å². The molecule has 0 N–H and O–H groups in total. The van der Waals surface area contributed by atoms with Crippen molar-refractivity contribution in [1.82, 2.24) is 0 Å². The van der Waals surface area contributed by atoms with Crippen molar-refractivity contribution in [3.63, 3.8) is 0 Å². The van der Waals surface area contributed by atoms with E-state index in [1.54, 1.807) is 0 Å². The second kappa shape index (κ2) is 5.86. The molecule has 0 spiro atoms. The Balaban J connectivity index is 1.83. The molecule has 0 radical (unpaired) electrons. The largest absolute Gasteiger partial charge is 0.374 e. The molecule has 2 rings (SSSR count). The SMILES string of the molecule is CC1CCCC(CBr)(OCC2CCCC2)C1. The molecule has 1 nitrogen and oxygen atoms in total. The lowest BCUT2D eigenvalue weighted by molar-refractivity contribution is -0.0755. The molecule has 16 heavy (non-hydrogen) atoms. The van der Waals surface area contributed by atoms with Gasteiger partial charge < -0.3 is 4.74 Å². The van der Waals surface area contributed by atoms with Gasteiger partial charge in [-0.2, -0.15) is 0 Å². The number of ether oxygens (including phenoxy) is 1. The Morgan fingerprint density at radius 1 is 1.19 bits per heavy atom. The molecule has 2 saturated carbocycles. The van der Waals surface area contributed by atoms with Crippen LogP contribution in [0.25, 0.3) is 0 Å². The number of halogens is 1. The first-order valence-corrected chi connectivity index (χ1v) is 8.06. The van der Waals surface area contributed by atoms with Crippen molar-refractivity contribution >= 4 is 15.9 Å². The third kappa shape index (κ3) is 3.22. The van der Waals surface area contributed by atoms with Crippen LogP contribution in [0.1, 0.15) is 58.3 Å². The first kappa shape index (κ1) is 12.9. The van der Waals surface area contributed by atoms with Crippen LogP contribution >= 0.6 is 15.9 Å². The Kier molecular flexibility index (Phi) is 4.72. The van der Waals surface area contributed by atoms with Crippen molar-refractivity contribution in [2.45, 2.75) is 63.9 Å². The lowest BCUT2D eigenvalue weighted by Crippen LogP contribution is -2.40. The van der Waals surface area contributed by atoms with Gasteiger partial charge in [-0.25, -0.2) is 0 Å². The van der Waals surface area contributed by atoms with E-state index in [2.05, 4.69) is 22.9 Å². The third-order valence-corrected chi connectivity index (χ3v) is 5.42. The first-order chi connectivity index (χ1) is 7.74. The summed E-state index contributed by atoms with van der Waals surface area (Å²) in [7, 11) is 0. The average molecular weight is 289 g/mol. The lowest BCUT2D eigenvalue weighted by atomic mass is 9.80. The van der Waals surface area contributed by atoms with Gasteiger partial charge in [0, 0.05) is 5.33 Å². The van der Waals surface area contributed by atoms with Crippen LogP contribution in [-0.4, -0.2) is 17.5 Å².